The minimum absolute atomic E-state index is 0.558. The van der Waals surface area contributed by atoms with Gasteiger partial charge in [0.2, 0.25) is 5.88 Å². The van der Waals surface area contributed by atoms with Crippen molar-refractivity contribution in [3.05, 3.63) is 45.6 Å². The van der Waals surface area contributed by atoms with Crippen molar-refractivity contribution in [2.24, 2.45) is 0 Å². The maximum atomic E-state index is 5.74. The highest BCUT2D eigenvalue weighted by Gasteiger charge is 2.06. The Morgan fingerprint density at radius 1 is 1.11 bits per heavy atom. The molecule has 0 saturated carbocycles. The lowest BCUT2D eigenvalue weighted by atomic mass is 10.1. The number of nitrogen functional groups attached to an aromatic ring is 1. The lowest BCUT2D eigenvalue weighted by Crippen LogP contribution is -1.95. The predicted molar refractivity (Wildman–Crippen MR) is 77.1 cm³/mol. The molecule has 4 heteroatoms. The number of hydrogen-bond acceptors (Lipinski definition) is 3. The summed E-state index contributed by atoms with van der Waals surface area (Å²) < 4.78 is 6.85. The van der Waals surface area contributed by atoms with Crippen molar-refractivity contribution in [1.82, 2.24) is 4.98 Å². The Hall–Kier alpha value is -1.55. The van der Waals surface area contributed by atoms with Crippen LogP contribution in [0.4, 0.5) is 5.69 Å². The van der Waals surface area contributed by atoms with Crippen molar-refractivity contribution in [1.29, 1.82) is 0 Å². The van der Waals surface area contributed by atoms with E-state index in [2.05, 4.69) is 20.9 Å². The number of rotatable bonds is 2. The van der Waals surface area contributed by atoms with Crippen LogP contribution in [-0.4, -0.2) is 4.98 Å². The van der Waals surface area contributed by atoms with E-state index in [0.717, 1.165) is 27.0 Å². The number of anilines is 1. The first-order valence-corrected chi connectivity index (χ1v) is 6.44. The molecule has 1 aromatic heterocycles. The summed E-state index contributed by atoms with van der Waals surface area (Å²) in [5.74, 6) is 1.34. The number of ether oxygens (including phenoxy) is 1. The molecule has 94 valence electrons. The van der Waals surface area contributed by atoms with Gasteiger partial charge in [0.1, 0.15) is 5.75 Å². The van der Waals surface area contributed by atoms with E-state index in [-0.39, 0.29) is 0 Å². The van der Waals surface area contributed by atoms with Gasteiger partial charge in [-0.25, -0.2) is 4.98 Å². The Balaban J connectivity index is 2.31. The summed E-state index contributed by atoms with van der Waals surface area (Å²) >= 11 is 3.53. The molecular formula is C14H15BrN2O. The van der Waals surface area contributed by atoms with Crippen molar-refractivity contribution in [3.63, 3.8) is 0 Å². The van der Waals surface area contributed by atoms with E-state index in [1.165, 1.54) is 0 Å². The van der Waals surface area contributed by atoms with E-state index in [1.807, 2.05) is 32.9 Å². The minimum atomic E-state index is 0.558. The average Bonchev–Trinajstić information content (AvgIpc) is 2.31. The second-order valence-corrected chi connectivity index (χ2v) is 5.09. The number of pyridine rings is 1. The Morgan fingerprint density at radius 3 is 2.28 bits per heavy atom. The summed E-state index contributed by atoms with van der Waals surface area (Å²) in [4.78, 5) is 4.29. The smallest absolute Gasteiger partial charge is 0.219 e. The number of aromatic nitrogens is 1. The highest BCUT2D eigenvalue weighted by atomic mass is 79.9. The zero-order valence-corrected chi connectivity index (χ0v) is 12.2. The van der Waals surface area contributed by atoms with Crippen LogP contribution in [0.15, 0.2) is 28.7 Å². The average molecular weight is 307 g/mol. The van der Waals surface area contributed by atoms with Gasteiger partial charge in [0.05, 0.1) is 11.4 Å². The van der Waals surface area contributed by atoms with Crippen LogP contribution in [0.2, 0.25) is 0 Å². The van der Waals surface area contributed by atoms with Crippen LogP contribution in [0.3, 0.4) is 0 Å². The third kappa shape index (κ3) is 2.64. The van der Waals surface area contributed by atoms with Gasteiger partial charge >= 0.3 is 0 Å². The number of aryl methyl sites for hydroxylation is 3. The molecule has 2 aromatic rings. The van der Waals surface area contributed by atoms with E-state index in [4.69, 9.17) is 10.5 Å². The molecule has 2 N–H and O–H groups in total. The fourth-order valence-corrected chi connectivity index (χ4v) is 1.92. The monoisotopic (exact) mass is 306 g/mol. The van der Waals surface area contributed by atoms with Crippen LogP contribution in [-0.2, 0) is 0 Å². The third-order valence-corrected chi connectivity index (χ3v) is 3.98. The fraction of sp³-hybridized carbons (Fsp3) is 0.214. The van der Waals surface area contributed by atoms with Crippen LogP contribution < -0.4 is 10.5 Å². The maximum absolute atomic E-state index is 5.74. The summed E-state index contributed by atoms with van der Waals surface area (Å²) in [6, 6.07) is 7.53. The minimum Gasteiger partial charge on any atom is -0.439 e. The van der Waals surface area contributed by atoms with Crippen molar-refractivity contribution in [2.45, 2.75) is 20.8 Å². The number of halogens is 1. The molecule has 2 rings (SSSR count). The highest BCUT2D eigenvalue weighted by molar-refractivity contribution is 9.10. The van der Waals surface area contributed by atoms with Crippen molar-refractivity contribution >= 4 is 21.6 Å². The molecule has 0 aliphatic carbocycles. The van der Waals surface area contributed by atoms with Crippen LogP contribution >= 0.6 is 15.9 Å². The van der Waals surface area contributed by atoms with E-state index in [1.54, 1.807) is 12.1 Å². The zero-order chi connectivity index (χ0) is 13.3. The molecule has 0 atom stereocenters. The molecule has 1 aromatic carbocycles. The first-order valence-electron chi connectivity index (χ1n) is 5.65. The van der Waals surface area contributed by atoms with Crippen molar-refractivity contribution in [3.8, 4) is 11.6 Å². The standard InChI is InChI=1S/C14H15BrN2O/c1-8-6-11(7-9(2)14(8)15)18-13-5-4-12(16)10(3)17-13/h4-7H,16H2,1-3H3. The SMILES string of the molecule is Cc1cc(Oc2ccc(N)c(C)n2)cc(C)c1Br. The van der Waals surface area contributed by atoms with Gasteiger partial charge in [0.25, 0.3) is 0 Å². The summed E-state index contributed by atoms with van der Waals surface area (Å²) in [5.41, 5.74) is 9.45. The first-order chi connectivity index (χ1) is 8.47. The van der Waals surface area contributed by atoms with E-state index >= 15 is 0 Å². The molecule has 0 spiro atoms. The van der Waals surface area contributed by atoms with E-state index in [9.17, 15) is 0 Å². The first kappa shape index (κ1) is 12.9. The van der Waals surface area contributed by atoms with Gasteiger partial charge in [-0.15, -0.1) is 0 Å². The molecule has 18 heavy (non-hydrogen) atoms. The Labute approximate surface area is 115 Å². The van der Waals surface area contributed by atoms with Crippen LogP contribution in [0.5, 0.6) is 11.6 Å². The van der Waals surface area contributed by atoms with Gasteiger partial charge < -0.3 is 10.5 Å². The van der Waals surface area contributed by atoms with Gasteiger partial charge in [-0.05, 0) is 50.1 Å². The normalized spacial score (nSPS) is 10.4. The van der Waals surface area contributed by atoms with Gasteiger partial charge in [0, 0.05) is 10.5 Å². The molecule has 0 saturated heterocycles. The predicted octanol–water partition coefficient (Wildman–Crippen LogP) is 4.14. The second kappa shape index (κ2) is 4.98. The Kier molecular flexibility index (Phi) is 3.57. The topological polar surface area (TPSA) is 48.1 Å². The van der Waals surface area contributed by atoms with E-state index < -0.39 is 0 Å². The Bertz CT molecular complexity index is 573. The summed E-state index contributed by atoms with van der Waals surface area (Å²) in [5, 5.41) is 0. The molecule has 0 aliphatic rings. The number of nitrogens with zero attached hydrogens (tertiary/aromatic N) is 1. The molecule has 0 bridgehead atoms. The maximum Gasteiger partial charge on any atom is 0.219 e. The molecular weight excluding hydrogens is 292 g/mol. The molecule has 0 radical (unpaired) electrons. The number of benzene rings is 1. The largest absolute Gasteiger partial charge is 0.439 e. The second-order valence-electron chi connectivity index (χ2n) is 4.30. The third-order valence-electron chi connectivity index (χ3n) is 2.73. The van der Waals surface area contributed by atoms with Crippen LogP contribution in [0, 0.1) is 20.8 Å². The van der Waals surface area contributed by atoms with Crippen molar-refractivity contribution < 1.29 is 4.74 Å². The lowest BCUT2D eigenvalue weighted by molar-refractivity contribution is 0.461. The van der Waals surface area contributed by atoms with Gasteiger partial charge in [-0.2, -0.15) is 0 Å². The quantitative estimate of drug-likeness (QED) is 0.907. The summed E-state index contributed by atoms with van der Waals surface area (Å²) in [7, 11) is 0. The van der Waals surface area contributed by atoms with Crippen molar-refractivity contribution in [2.75, 3.05) is 5.73 Å². The number of hydrogen-bond donors (Lipinski definition) is 1. The molecule has 0 aliphatic heterocycles. The van der Waals surface area contributed by atoms with Crippen LogP contribution in [0.1, 0.15) is 16.8 Å². The van der Waals surface area contributed by atoms with Gasteiger partial charge in [0.15, 0.2) is 0 Å². The summed E-state index contributed by atoms with van der Waals surface area (Å²) in [6.07, 6.45) is 0. The molecule has 0 amide bonds. The van der Waals surface area contributed by atoms with Crippen LogP contribution in [0.25, 0.3) is 0 Å². The molecule has 0 fully saturated rings. The molecule has 0 unspecified atom stereocenters. The fourth-order valence-electron chi connectivity index (χ4n) is 1.69. The molecule has 3 nitrogen and oxygen atoms in total. The molecule has 1 heterocycles. The summed E-state index contributed by atoms with van der Waals surface area (Å²) in [6.45, 7) is 5.93. The lowest BCUT2D eigenvalue weighted by Gasteiger charge is -2.10. The Morgan fingerprint density at radius 2 is 1.72 bits per heavy atom. The van der Waals surface area contributed by atoms with Gasteiger partial charge in [-0.3, -0.25) is 0 Å². The highest BCUT2D eigenvalue weighted by Crippen LogP contribution is 2.29. The van der Waals surface area contributed by atoms with E-state index in [0.29, 0.717) is 11.6 Å². The van der Waals surface area contributed by atoms with Gasteiger partial charge in [-0.1, -0.05) is 15.9 Å². The zero-order valence-electron chi connectivity index (χ0n) is 10.6. The number of nitrogens with two attached hydrogens (primary N) is 1.